The highest BCUT2D eigenvalue weighted by atomic mass is 16.5. The minimum absolute atomic E-state index is 0.00258. The first-order chi connectivity index (χ1) is 15.0. The van der Waals surface area contributed by atoms with Gasteiger partial charge in [-0.15, -0.1) is 0 Å². The molecule has 0 fully saturated rings. The number of anilines is 1. The van der Waals surface area contributed by atoms with Crippen molar-refractivity contribution in [3.63, 3.8) is 0 Å². The van der Waals surface area contributed by atoms with Crippen molar-refractivity contribution < 1.29 is 14.6 Å². The van der Waals surface area contributed by atoms with E-state index >= 15 is 0 Å². The van der Waals surface area contributed by atoms with Crippen LogP contribution in [-0.4, -0.2) is 22.3 Å². The molecule has 0 aliphatic rings. The number of carbonyl (C=O) groups excluding carboxylic acids is 1. The molecular weight excluding hydrogens is 390 g/mol. The minimum Gasteiger partial charge on any atom is -0.445 e. The van der Waals surface area contributed by atoms with Gasteiger partial charge in [0.1, 0.15) is 6.61 Å². The molecule has 0 spiro atoms. The van der Waals surface area contributed by atoms with Gasteiger partial charge >= 0.3 is 6.09 Å². The van der Waals surface area contributed by atoms with Crippen molar-refractivity contribution >= 4 is 11.8 Å². The number of hydrogen-bond donors (Lipinski definition) is 3. The Kier molecular flexibility index (Phi) is 8.01. The van der Waals surface area contributed by atoms with Gasteiger partial charge < -0.3 is 21.3 Å². The molecule has 1 aromatic heterocycles. The quantitative estimate of drug-likeness (QED) is 0.457. The molecule has 0 saturated carbocycles. The Morgan fingerprint density at radius 2 is 1.68 bits per heavy atom. The maximum absolute atomic E-state index is 11.1. The molecule has 31 heavy (non-hydrogen) atoms. The minimum atomic E-state index is -0.846. The highest BCUT2D eigenvalue weighted by molar-refractivity contribution is 5.64. The number of nitrogens with zero attached hydrogens (tertiary/aromatic N) is 1. The van der Waals surface area contributed by atoms with Gasteiger partial charge in [0, 0.05) is 11.5 Å². The lowest BCUT2D eigenvalue weighted by atomic mass is 9.87. The van der Waals surface area contributed by atoms with E-state index in [1.807, 2.05) is 48.5 Å². The van der Waals surface area contributed by atoms with E-state index in [9.17, 15) is 9.90 Å². The Morgan fingerprint density at radius 3 is 2.35 bits per heavy atom. The van der Waals surface area contributed by atoms with E-state index in [1.165, 1.54) is 5.56 Å². The van der Waals surface area contributed by atoms with Crippen LogP contribution < -0.4 is 11.5 Å². The predicted octanol–water partition coefficient (Wildman–Crippen LogP) is 4.16. The van der Waals surface area contributed by atoms with E-state index in [1.54, 1.807) is 12.3 Å². The monoisotopic (exact) mass is 419 g/mol. The molecule has 6 nitrogen and oxygen atoms in total. The van der Waals surface area contributed by atoms with Gasteiger partial charge in [0.15, 0.2) is 0 Å². The molecule has 0 aliphatic heterocycles. The third-order valence-electron chi connectivity index (χ3n) is 5.32. The molecule has 3 aromatic rings. The maximum Gasteiger partial charge on any atom is 0.404 e. The Balaban J connectivity index is 1.76. The third-order valence-corrected chi connectivity index (χ3v) is 5.32. The summed E-state index contributed by atoms with van der Waals surface area (Å²) in [4.78, 5) is 15.7. The number of benzene rings is 2. The fraction of sp³-hybridized carbons (Fsp3) is 0.280. The van der Waals surface area contributed by atoms with Crippen LogP contribution in [-0.2, 0) is 17.8 Å². The van der Waals surface area contributed by atoms with Gasteiger partial charge in [-0.05, 0) is 42.9 Å². The number of aromatic nitrogens is 1. The molecule has 3 rings (SSSR count). The number of amides is 1. The number of nitrogens with two attached hydrogens (primary N) is 2. The van der Waals surface area contributed by atoms with Crippen molar-refractivity contribution in [3.05, 3.63) is 95.3 Å². The van der Waals surface area contributed by atoms with Crippen LogP contribution in [0.2, 0.25) is 0 Å². The van der Waals surface area contributed by atoms with Crippen molar-refractivity contribution in [2.45, 2.75) is 44.3 Å². The largest absolute Gasteiger partial charge is 0.445 e. The normalized spacial score (nSPS) is 12.8. The Hall–Kier alpha value is -3.38. The zero-order valence-electron chi connectivity index (χ0n) is 17.5. The van der Waals surface area contributed by atoms with Crippen LogP contribution in [0, 0.1) is 0 Å². The van der Waals surface area contributed by atoms with Crippen LogP contribution in [0.4, 0.5) is 10.5 Å². The van der Waals surface area contributed by atoms with E-state index in [2.05, 4.69) is 17.1 Å². The number of pyridine rings is 1. The molecule has 0 radical (unpaired) electrons. The highest BCUT2D eigenvalue weighted by Crippen LogP contribution is 2.32. The predicted molar refractivity (Wildman–Crippen MR) is 121 cm³/mol. The number of ether oxygens (including phenoxy) is 1. The first-order valence-corrected chi connectivity index (χ1v) is 10.5. The summed E-state index contributed by atoms with van der Waals surface area (Å²) < 4.78 is 5.02. The first-order valence-electron chi connectivity index (χ1n) is 10.5. The molecule has 6 heteroatoms. The number of hydrogen-bond acceptors (Lipinski definition) is 5. The summed E-state index contributed by atoms with van der Waals surface area (Å²) >= 11 is 0. The molecule has 0 saturated heterocycles. The second-order valence-corrected chi connectivity index (χ2v) is 7.64. The molecule has 1 heterocycles. The lowest BCUT2D eigenvalue weighted by molar-refractivity contribution is 0.148. The Bertz CT molecular complexity index is 964. The van der Waals surface area contributed by atoms with Gasteiger partial charge in [0.05, 0.1) is 23.7 Å². The fourth-order valence-corrected chi connectivity index (χ4v) is 3.75. The van der Waals surface area contributed by atoms with Crippen molar-refractivity contribution in [1.82, 2.24) is 4.98 Å². The van der Waals surface area contributed by atoms with Crippen LogP contribution >= 0.6 is 0 Å². The number of aliphatic hydroxyl groups excluding tert-OH is 1. The van der Waals surface area contributed by atoms with Gasteiger partial charge in [0.25, 0.3) is 0 Å². The maximum atomic E-state index is 11.1. The van der Waals surface area contributed by atoms with E-state index in [-0.39, 0.29) is 12.5 Å². The second kappa shape index (κ2) is 11.1. The summed E-state index contributed by atoms with van der Waals surface area (Å²) in [5, 5.41) is 10.6. The molecule has 5 N–H and O–H groups in total. The zero-order chi connectivity index (χ0) is 22.1. The van der Waals surface area contributed by atoms with Crippen LogP contribution in [0.3, 0.4) is 0 Å². The molecule has 2 aromatic carbocycles. The van der Waals surface area contributed by atoms with E-state index in [0.29, 0.717) is 30.5 Å². The van der Waals surface area contributed by atoms with Crippen LogP contribution in [0.25, 0.3) is 0 Å². The SMILES string of the molecule is NC(=O)OCc1cc(N)cnc1[C@@H](CCC(O)CCc1ccccc1)c1ccccc1. The topological polar surface area (TPSA) is 111 Å². The van der Waals surface area contributed by atoms with Crippen LogP contribution in [0.15, 0.2) is 72.9 Å². The van der Waals surface area contributed by atoms with Crippen molar-refractivity contribution in [1.29, 1.82) is 0 Å². The van der Waals surface area contributed by atoms with Crippen LogP contribution in [0.5, 0.6) is 0 Å². The average Bonchev–Trinajstić information content (AvgIpc) is 2.79. The van der Waals surface area contributed by atoms with Crippen molar-refractivity contribution in [2.24, 2.45) is 5.73 Å². The number of rotatable bonds is 10. The molecule has 2 atom stereocenters. The standard InChI is InChI=1S/C25H29N3O3/c26-21-15-20(17-31-25(27)30)24(28-16-21)23(19-9-5-2-6-10-19)14-13-22(29)12-11-18-7-3-1-4-8-18/h1-10,15-16,22-23,29H,11-14,17,26H2,(H2,27,30)/t22?,23-/m0/s1. The smallest absolute Gasteiger partial charge is 0.404 e. The van der Waals surface area contributed by atoms with Gasteiger partial charge in [0.2, 0.25) is 0 Å². The van der Waals surface area contributed by atoms with Crippen molar-refractivity contribution in [3.8, 4) is 0 Å². The van der Waals surface area contributed by atoms with Gasteiger partial charge in [-0.3, -0.25) is 4.98 Å². The lowest BCUT2D eigenvalue weighted by Crippen LogP contribution is -2.16. The van der Waals surface area contributed by atoms with Gasteiger partial charge in [-0.2, -0.15) is 0 Å². The van der Waals surface area contributed by atoms with Gasteiger partial charge in [-0.1, -0.05) is 60.7 Å². The number of primary amides is 1. The average molecular weight is 420 g/mol. The molecular formula is C25H29N3O3. The molecule has 1 amide bonds. The van der Waals surface area contributed by atoms with E-state index in [4.69, 9.17) is 16.2 Å². The number of aliphatic hydroxyl groups is 1. The Morgan fingerprint density at radius 1 is 1.00 bits per heavy atom. The molecule has 1 unspecified atom stereocenters. The second-order valence-electron chi connectivity index (χ2n) is 7.64. The number of carbonyl (C=O) groups is 1. The van der Waals surface area contributed by atoms with Crippen LogP contribution in [0.1, 0.15) is 47.6 Å². The zero-order valence-corrected chi connectivity index (χ0v) is 17.5. The summed E-state index contributed by atoms with van der Waals surface area (Å²) in [6, 6.07) is 21.9. The molecule has 162 valence electrons. The highest BCUT2D eigenvalue weighted by Gasteiger charge is 2.21. The lowest BCUT2D eigenvalue weighted by Gasteiger charge is -2.22. The van der Waals surface area contributed by atoms with E-state index < -0.39 is 12.2 Å². The number of aryl methyl sites for hydroxylation is 1. The summed E-state index contributed by atoms with van der Waals surface area (Å²) in [5.41, 5.74) is 15.3. The first kappa shape index (κ1) is 22.3. The number of nitrogen functional groups attached to an aromatic ring is 1. The third kappa shape index (κ3) is 6.83. The van der Waals surface area contributed by atoms with Gasteiger partial charge in [-0.25, -0.2) is 4.79 Å². The van der Waals surface area contributed by atoms with E-state index in [0.717, 1.165) is 17.7 Å². The molecule has 0 aliphatic carbocycles. The Labute approximate surface area is 182 Å². The summed E-state index contributed by atoms with van der Waals surface area (Å²) in [6.45, 7) is 0.00258. The fourth-order valence-electron chi connectivity index (χ4n) is 3.75. The summed E-state index contributed by atoms with van der Waals surface area (Å²) in [7, 11) is 0. The summed E-state index contributed by atoms with van der Waals surface area (Å²) in [6.07, 6.45) is 3.17. The van der Waals surface area contributed by atoms with Crippen molar-refractivity contribution in [2.75, 3.05) is 5.73 Å². The summed E-state index contributed by atoms with van der Waals surface area (Å²) in [5.74, 6) is -0.0698. The molecule has 0 bridgehead atoms.